The van der Waals surface area contributed by atoms with Crippen molar-refractivity contribution in [1.29, 1.82) is 0 Å². The van der Waals surface area contributed by atoms with Crippen molar-refractivity contribution in [2.45, 2.75) is 39.0 Å². The molecule has 3 nitrogen and oxygen atoms in total. The van der Waals surface area contributed by atoms with Gasteiger partial charge in [-0.05, 0) is 31.5 Å². The molecule has 0 aliphatic carbocycles. The van der Waals surface area contributed by atoms with Crippen LogP contribution in [0.15, 0.2) is 18.2 Å². The van der Waals surface area contributed by atoms with Gasteiger partial charge in [0.05, 0.1) is 24.4 Å². The average Bonchev–Trinajstić information content (AvgIpc) is 2.41. The van der Waals surface area contributed by atoms with E-state index in [1.54, 1.807) is 12.1 Å². The quantitative estimate of drug-likeness (QED) is 0.866. The number of benzene rings is 1. The fourth-order valence-electron chi connectivity index (χ4n) is 2.65. The Morgan fingerprint density at radius 3 is 2.71 bits per heavy atom. The lowest BCUT2D eigenvalue weighted by Gasteiger charge is -2.35. The topological polar surface area (TPSA) is 32.7 Å². The van der Waals surface area contributed by atoms with Gasteiger partial charge in [-0.3, -0.25) is 4.90 Å². The largest absolute Gasteiger partial charge is 0.395 e. The van der Waals surface area contributed by atoms with Crippen LogP contribution < -0.4 is 0 Å². The second-order valence-electron chi connectivity index (χ2n) is 5.54. The number of rotatable bonds is 3. The summed E-state index contributed by atoms with van der Waals surface area (Å²) in [6.45, 7) is 6.67. The lowest BCUT2D eigenvalue weighted by Crippen LogP contribution is -2.44. The minimum atomic E-state index is -0.312. The van der Waals surface area contributed by atoms with E-state index >= 15 is 0 Å². The van der Waals surface area contributed by atoms with Gasteiger partial charge in [0.25, 0.3) is 0 Å². The zero-order valence-corrected chi connectivity index (χ0v) is 12.6. The minimum absolute atomic E-state index is 0.00212. The molecule has 1 saturated heterocycles. The summed E-state index contributed by atoms with van der Waals surface area (Å²) in [6, 6.07) is 5.06. The third-order valence-electron chi connectivity index (χ3n) is 3.39. The molecule has 114 valence electrons. The van der Waals surface area contributed by atoms with Gasteiger partial charge in [0.2, 0.25) is 0 Å². The molecule has 0 aromatic heterocycles. The molecule has 0 bridgehead atoms. The first-order chi connectivity index (χ1) is 10.1. The predicted molar refractivity (Wildman–Crippen MR) is 80.3 cm³/mol. The van der Waals surface area contributed by atoms with Crippen molar-refractivity contribution >= 4 is 0 Å². The number of aliphatic hydroxyl groups is 1. The van der Waals surface area contributed by atoms with Crippen LogP contribution in [-0.4, -0.2) is 41.9 Å². The van der Waals surface area contributed by atoms with Crippen molar-refractivity contribution in [2.24, 2.45) is 0 Å². The summed E-state index contributed by atoms with van der Waals surface area (Å²) in [5.41, 5.74) is 1.45. The van der Waals surface area contributed by atoms with E-state index < -0.39 is 0 Å². The second-order valence-corrected chi connectivity index (χ2v) is 5.54. The molecule has 0 unspecified atom stereocenters. The fourth-order valence-corrected chi connectivity index (χ4v) is 2.65. The van der Waals surface area contributed by atoms with Gasteiger partial charge in [0, 0.05) is 26.1 Å². The maximum absolute atomic E-state index is 13.7. The highest BCUT2D eigenvalue weighted by molar-refractivity contribution is 5.38. The molecule has 1 aliphatic rings. The van der Waals surface area contributed by atoms with Crippen LogP contribution in [0.25, 0.3) is 0 Å². The average molecular weight is 291 g/mol. The van der Waals surface area contributed by atoms with E-state index in [2.05, 4.69) is 30.6 Å². The lowest BCUT2D eigenvalue weighted by atomic mass is 10.1. The van der Waals surface area contributed by atoms with Crippen molar-refractivity contribution in [3.8, 4) is 11.8 Å². The molecular weight excluding hydrogens is 269 g/mol. The van der Waals surface area contributed by atoms with Gasteiger partial charge in [-0.1, -0.05) is 17.9 Å². The number of halogens is 1. The first-order valence-corrected chi connectivity index (χ1v) is 7.34. The molecule has 0 spiro atoms. The van der Waals surface area contributed by atoms with E-state index in [0.29, 0.717) is 12.0 Å². The number of morpholine rings is 1. The molecule has 21 heavy (non-hydrogen) atoms. The Morgan fingerprint density at radius 2 is 2.05 bits per heavy atom. The molecule has 1 fully saturated rings. The molecule has 0 radical (unpaired) electrons. The zero-order chi connectivity index (χ0) is 15.2. The van der Waals surface area contributed by atoms with Gasteiger partial charge < -0.3 is 9.84 Å². The van der Waals surface area contributed by atoms with Crippen LogP contribution in [0.2, 0.25) is 0 Å². The SMILES string of the molecule is C[C@@H]1CN(Cc2ccc(F)c(C#CCCO)c2)C[C@H](C)O1. The van der Waals surface area contributed by atoms with Crippen LogP contribution in [-0.2, 0) is 11.3 Å². The van der Waals surface area contributed by atoms with Gasteiger partial charge >= 0.3 is 0 Å². The zero-order valence-electron chi connectivity index (χ0n) is 12.6. The molecule has 1 aromatic rings. The predicted octanol–water partition coefficient (Wildman–Crippen LogP) is 2.17. The molecule has 0 saturated carbocycles. The summed E-state index contributed by atoms with van der Waals surface area (Å²) in [5.74, 6) is 5.23. The molecule has 2 atom stereocenters. The Balaban J connectivity index is 2.07. The highest BCUT2D eigenvalue weighted by atomic mass is 19.1. The first kappa shape index (κ1) is 16.0. The number of hydrogen-bond donors (Lipinski definition) is 1. The summed E-state index contributed by atoms with van der Waals surface area (Å²) >= 11 is 0. The van der Waals surface area contributed by atoms with E-state index in [0.717, 1.165) is 25.2 Å². The highest BCUT2D eigenvalue weighted by Gasteiger charge is 2.22. The van der Waals surface area contributed by atoms with Gasteiger partial charge in [0.15, 0.2) is 0 Å². The van der Waals surface area contributed by atoms with Crippen LogP contribution in [0, 0.1) is 17.7 Å². The highest BCUT2D eigenvalue weighted by Crippen LogP contribution is 2.16. The summed E-state index contributed by atoms with van der Waals surface area (Å²) in [6.07, 6.45) is 0.804. The number of hydrogen-bond acceptors (Lipinski definition) is 3. The van der Waals surface area contributed by atoms with Crippen LogP contribution in [0.5, 0.6) is 0 Å². The molecule has 1 N–H and O–H groups in total. The molecule has 2 rings (SSSR count). The van der Waals surface area contributed by atoms with Gasteiger partial charge in [-0.2, -0.15) is 0 Å². The third kappa shape index (κ3) is 4.82. The molecule has 1 heterocycles. The molecule has 1 aromatic carbocycles. The van der Waals surface area contributed by atoms with Crippen molar-refractivity contribution < 1.29 is 14.2 Å². The Labute approximate surface area is 125 Å². The van der Waals surface area contributed by atoms with E-state index in [4.69, 9.17) is 9.84 Å². The van der Waals surface area contributed by atoms with Crippen molar-refractivity contribution in [3.05, 3.63) is 35.1 Å². The number of ether oxygens (including phenoxy) is 1. The molecule has 0 amide bonds. The standard InChI is InChI=1S/C17H22FNO2/c1-13-10-19(11-14(2)21-13)12-15-6-7-17(18)16(9-15)5-3-4-8-20/h6-7,9,13-14,20H,4,8,10-12H2,1-2H3/t13-,14+. The van der Waals surface area contributed by atoms with E-state index in [1.165, 1.54) is 6.07 Å². The lowest BCUT2D eigenvalue weighted by molar-refractivity contribution is -0.0704. The number of aliphatic hydroxyl groups excluding tert-OH is 1. The van der Waals surface area contributed by atoms with Crippen molar-refractivity contribution in [1.82, 2.24) is 4.90 Å². The number of nitrogens with zero attached hydrogens (tertiary/aromatic N) is 1. The Bertz CT molecular complexity index is 525. The third-order valence-corrected chi connectivity index (χ3v) is 3.39. The Hall–Kier alpha value is -1.41. The summed E-state index contributed by atoms with van der Waals surface area (Å²) in [7, 11) is 0. The monoisotopic (exact) mass is 291 g/mol. The van der Waals surface area contributed by atoms with Gasteiger partial charge in [-0.25, -0.2) is 4.39 Å². The summed E-state index contributed by atoms with van der Waals surface area (Å²) in [4.78, 5) is 2.32. The summed E-state index contributed by atoms with van der Waals surface area (Å²) < 4.78 is 19.4. The van der Waals surface area contributed by atoms with E-state index in [9.17, 15) is 4.39 Å². The summed E-state index contributed by atoms with van der Waals surface area (Å²) in [5, 5.41) is 8.72. The van der Waals surface area contributed by atoms with Gasteiger partial charge in [-0.15, -0.1) is 0 Å². The van der Waals surface area contributed by atoms with Crippen LogP contribution in [0.3, 0.4) is 0 Å². The van der Waals surface area contributed by atoms with Crippen LogP contribution >= 0.6 is 0 Å². The molecular formula is C17H22FNO2. The van der Waals surface area contributed by atoms with Crippen LogP contribution in [0.4, 0.5) is 4.39 Å². The minimum Gasteiger partial charge on any atom is -0.395 e. The fraction of sp³-hybridized carbons (Fsp3) is 0.529. The smallest absolute Gasteiger partial charge is 0.138 e. The molecule has 4 heteroatoms. The first-order valence-electron chi connectivity index (χ1n) is 7.34. The van der Waals surface area contributed by atoms with Crippen molar-refractivity contribution in [3.63, 3.8) is 0 Å². The maximum Gasteiger partial charge on any atom is 0.138 e. The second kappa shape index (κ2) is 7.56. The van der Waals surface area contributed by atoms with Crippen molar-refractivity contribution in [2.75, 3.05) is 19.7 Å². The Kier molecular flexibility index (Phi) is 5.75. The van der Waals surface area contributed by atoms with E-state index in [-0.39, 0.29) is 24.6 Å². The van der Waals surface area contributed by atoms with Crippen LogP contribution in [0.1, 0.15) is 31.4 Å². The maximum atomic E-state index is 13.7. The van der Waals surface area contributed by atoms with E-state index in [1.807, 2.05) is 0 Å². The van der Waals surface area contributed by atoms with Gasteiger partial charge in [0.1, 0.15) is 5.82 Å². The normalized spacial score (nSPS) is 22.7. The molecule has 1 aliphatic heterocycles. The Morgan fingerprint density at radius 1 is 1.33 bits per heavy atom.